The fourth-order valence-electron chi connectivity index (χ4n) is 4.86. The first kappa shape index (κ1) is 23.2. The fraction of sp³-hybridized carbons (Fsp3) is 0.391. The average Bonchev–Trinajstić information content (AvgIpc) is 3.25. The Bertz CT molecular complexity index is 1020. The zero-order chi connectivity index (χ0) is 22.9. The van der Waals surface area contributed by atoms with E-state index in [0.717, 1.165) is 18.4 Å². The number of hydrogen-bond acceptors (Lipinski definition) is 4. The number of rotatable bonds is 8. The van der Waals surface area contributed by atoms with Crippen LogP contribution in [0.3, 0.4) is 0 Å². The Kier molecular flexibility index (Phi) is 6.59. The lowest BCUT2D eigenvalue weighted by Crippen LogP contribution is -2.65. The quantitative estimate of drug-likeness (QED) is 0.509. The predicted octanol–water partition coefficient (Wildman–Crippen LogP) is 4.28. The molecule has 1 unspecified atom stereocenters. The van der Waals surface area contributed by atoms with Crippen molar-refractivity contribution in [3.63, 3.8) is 0 Å². The Labute approximate surface area is 201 Å². The Morgan fingerprint density at radius 1 is 0.969 bits per heavy atom. The average molecular weight is 497 g/mol. The minimum absolute atomic E-state index is 0.0837. The van der Waals surface area contributed by atoms with Crippen LogP contribution in [0.2, 0.25) is 15.1 Å². The second-order valence-electron chi connectivity index (χ2n) is 8.59. The third-order valence-electron chi connectivity index (χ3n) is 6.24. The highest BCUT2D eigenvalue weighted by Crippen LogP contribution is 2.55. The second-order valence-corrected chi connectivity index (χ2v) is 9.84. The Hall–Kier alpha value is -1.99. The van der Waals surface area contributed by atoms with Gasteiger partial charge in [-0.2, -0.15) is 0 Å². The molecule has 0 saturated heterocycles. The van der Waals surface area contributed by atoms with Crippen molar-refractivity contribution in [3.05, 3.63) is 63.1 Å². The topological polar surface area (TPSA) is 79.5 Å². The van der Waals surface area contributed by atoms with E-state index in [2.05, 4.69) is 16.0 Å². The van der Waals surface area contributed by atoms with Gasteiger partial charge in [0.05, 0.1) is 10.0 Å². The van der Waals surface area contributed by atoms with Crippen LogP contribution in [-0.4, -0.2) is 36.5 Å². The molecule has 3 aliphatic carbocycles. The van der Waals surface area contributed by atoms with E-state index in [9.17, 15) is 9.59 Å². The zero-order valence-corrected chi connectivity index (χ0v) is 19.8. The number of halogens is 3. The number of amides is 2. The summed E-state index contributed by atoms with van der Waals surface area (Å²) in [7, 11) is 1.75. The van der Waals surface area contributed by atoms with Gasteiger partial charge in [-0.15, -0.1) is 0 Å². The highest BCUT2D eigenvalue weighted by Gasteiger charge is 2.62. The van der Waals surface area contributed by atoms with Crippen molar-refractivity contribution < 1.29 is 14.3 Å². The third-order valence-corrected chi connectivity index (χ3v) is 7.23. The van der Waals surface area contributed by atoms with Gasteiger partial charge in [0.2, 0.25) is 5.91 Å². The zero-order valence-electron chi connectivity index (χ0n) is 17.5. The second kappa shape index (κ2) is 9.10. The van der Waals surface area contributed by atoms with Crippen LogP contribution in [0.1, 0.15) is 37.3 Å². The highest BCUT2D eigenvalue weighted by molar-refractivity contribution is 6.42. The van der Waals surface area contributed by atoms with Crippen molar-refractivity contribution in [1.29, 1.82) is 0 Å². The molecular formula is C23H24Cl3N3O3. The van der Waals surface area contributed by atoms with E-state index >= 15 is 0 Å². The van der Waals surface area contributed by atoms with E-state index in [1.807, 2.05) is 12.1 Å². The van der Waals surface area contributed by atoms with Crippen LogP contribution in [-0.2, 0) is 9.59 Å². The smallest absolute Gasteiger partial charge is 0.258 e. The van der Waals surface area contributed by atoms with E-state index in [1.54, 1.807) is 37.4 Å². The minimum atomic E-state index is -0.466. The van der Waals surface area contributed by atoms with Crippen molar-refractivity contribution in [2.24, 2.45) is 0 Å². The largest absolute Gasteiger partial charge is 0.484 e. The lowest BCUT2D eigenvalue weighted by molar-refractivity contribution is -0.128. The summed E-state index contributed by atoms with van der Waals surface area (Å²) in [6.45, 7) is -0.114. The van der Waals surface area contributed by atoms with Crippen LogP contribution in [0.4, 0.5) is 0 Å². The van der Waals surface area contributed by atoms with Crippen LogP contribution in [0, 0.1) is 0 Å². The van der Waals surface area contributed by atoms with Gasteiger partial charge in [0.1, 0.15) is 11.8 Å². The molecule has 170 valence electrons. The molecule has 0 aromatic heterocycles. The van der Waals surface area contributed by atoms with Crippen molar-refractivity contribution in [3.8, 4) is 5.75 Å². The van der Waals surface area contributed by atoms with Crippen LogP contribution < -0.4 is 20.7 Å². The van der Waals surface area contributed by atoms with Gasteiger partial charge in [0, 0.05) is 22.2 Å². The molecule has 0 radical (unpaired) electrons. The molecule has 32 heavy (non-hydrogen) atoms. The van der Waals surface area contributed by atoms with E-state index in [0.29, 0.717) is 33.7 Å². The van der Waals surface area contributed by atoms with E-state index in [4.69, 9.17) is 39.5 Å². The summed E-state index contributed by atoms with van der Waals surface area (Å²) in [5, 5.41) is 10.8. The molecule has 3 N–H and O–H groups in total. The van der Waals surface area contributed by atoms with E-state index < -0.39 is 6.04 Å². The summed E-state index contributed by atoms with van der Waals surface area (Å²) < 4.78 is 5.53. The highest BCUT2D eigenvalue weighted by atomic mass is 35.5. The molecular weight excluding hydrogens is 473 g/mol. The van der Waals surface area contributed by atoms with Crippen LogP contribution in [0.15, 0.2) is 42.5 Å². The molecule has 5 rings (SSSR count). The predicted molar refractivity (Wildman–Crippen MR) is 125 cm³/mol. The van der Waals surface area contributed by atoms with E-state index in [1.165, 1.54) is 0 Å². The van der Waals surface area contributed by atoms with Gasteiger partial charge >= 0.3 is 0 Å². The molecule has 3 aliphatic rings. The molecule has 1 atom stereocenters. The van der Waals surface area contributed by atoms with Gasteiger partial charge < -0.3 is 20.7 Å². The van der Waals surface area contributed by atoms with Gasteiger partial charge in [-0.3, -0.25) is 9.59 Å². The number of hydrogen-bond donors (Lipinski definition) is 3. The van der Waals surface area contributed by atoms with Gasteiger partial charge in [0.15, 0.2) is 6.61 Å². The molecule has 9 heteroatoms. The lowest BCUT2D eigenvalue weighted by atomic mass is 9.71. The fourth-order valence-corrected chi connectivity index (χ4v) is 5.28. The Morgan fingerprint density at radius 2 is 1.62 bits per heavy atom. The first-order valence-corrected chi connectivity index (χ1v) is 11.5. The Balaban J connectivity index is 1.29. The van der Waals surface area contributed by atoms with Crippen molar-refractivity contribution in [2.75, 3.05) is 13.7 Å². The number of likely N-dealkylation sites (N-methyl/N-ethyl adjacent to an activating group) is 1. The number of nitrogens with one attached hydrogen (secondary N) is 3. The number of ether oxygens (including phenoxy) is 1. The molecule has 0 heterocycles. The number of carbonyl (C=O) groups is 2. The number of benzene rings is 2. The number of carbonyl (C=O) groups excluding carboxylic acids is 2. The summed E-state index contributed by atoms with van der Waals surface area (Å²) in [5.74, 6) is 0.195. The monoisotopic (exact) mass is 495 g/mol. The minimum Gasteiger partial charge on any atom is -0.484 e. The van der Waals surface area contributed by atoms with Crippen LogP contribution >= 0.6 is 34.8 Å². The molecule has 2 bridgehead atoms. The van der Waals surface area contributed by atoms with Gasteiger partial charge in [-0.1, -0.05) is 46.9 Å². The van der Waals surface area contributed by atoms with Crippen LogP contribution in [0.5, 0.6) is 5.75 Å². The lowest BCUT2D eigenvalue weighted by Gasteiger charge is -2.48. The molecule has 2 amide bonds. The first-order valence-electron chi connectivity index (χ1n) is 10.4. The summed E-state index contributed by atoms with van der Waals surface area (Å²) >= 11 is 17.8. The normalized spacial score (nSPS) is 24.4. The Morgan fingerprint density at radius 3 is 2.25 bits per heavy atom. The van der Waals surface area contributed by atoms with Gasteiger partial charge in [-0.05, 0) is 62.6 Å². The molecule has 3 fully saturated rings. The van der Waals surface area contributed by atoms with E-state index in [-0.39, 0.29) is 29.5 Å². The summed E-state index contributed by atoms with van der Waals surface area (Å²) in [4.78, 5) is 25.4. The standard InChI is InChI=1S/C23H24Cl3N3O3/c1-27-20(14-2-4-15(24)5-3-14)21(31)29-23-9-8-22(12-23,13-23)28-19(30)11-32-16-6-7-17(25)18(26)10-16/h2-7,10,20,27H,8-9,11-13H2,1H3,(H,28,30)(H,29,31). The van der Waals surface area contributed by atoms with Crippen molar-refractivity contribution >= 4 is 46.6 Å². The number of fused-ring (bicyclic) bond motifs is 1. The van der Waals surface area contributed by atoms with Crippen molar-refractivity contribution in [1.82, 2.24) is 16.0 Å². The molecule has 2 aromatic carbocycles. The molecule has 0 aliphatic heterocycles. The maximum atomic E-state index is 12.9. The summed E-state index contributed by atoms with van der Waals surface area (Å²) in [6, 6.07) is 11.6. The van der Waals surface area contributed by atoms with Gasteiger partial charge in [0.25, 0.3) is 5.91 Å². The van der Waals surface area contributed by atoms with Gasteiger partial charge in [-0.25, -0.2) is 0 Å². The molecule has 0 spiro atoms. The SMILES string of the molecule is CNC(C(=O)NC12CCC(NC(=O)COc3ccc(Cl)c(Cl)c3)(C1)C2)c1ccc(Cl)cc1. The maximum absolute atomic E-state index is 12.9. The first-order chi connectivity index (χ1) is 15.2. The van der Waals surface area contributed by atoms with Crippen LogP contribution in [0.25, 0.3) is 0 Å². The summed E-state index contributed by atoms with van der Waals surface area (Å²) in [6.07, 6.45) is 3.06. The molecule has 2 aromatic rings. The molecule has 6 nitrogen and oxygen atoms in total. The maximum Gasteiger partial charge on any atom is 0.258 e. The third kappa shape index (κ3) is 4.84. The summed E-state index contributed by atoms with van der Waals surface area (Å²) in [5.41, 5.74) is 0.277. The molecule has 3 saturated carbocycles. The van der Waals surface area contributed by atoms with Crippen molar-refractivity contribution in [2.45, 2.75) is 42.8 Å².